The zero-order valence-electron chi connectivity index (χ0n) is 13.8. The number of carbonyl (C=O) groups excluding carboxylic acids is 1. The lowest BCUT2D eigenvalue weighted by Crippen LogP contribution is -2.14. The Morgan fingerprint density at radius 2 is 1.74 bits per heavy atom. The summed E-state index contributed by atoms with van der Waals surface area (Å²) in [4.78, 5) is 17.0. The van der Waals surface area contributed by atoms with Crippen LogP contribution >= 0.6 is 11.3 Å². The zero-order chi connectivity index (χ0) is 18.8. The number of amides is 1. The van der Waals surface area contributed by atoms with Crippen LogP contribution in [0.1, 0.15) is 10.4 Å². The van der Waals surface area contributed by atoms with E-state index in [4.69, 9.17) is 4.42 Å². The van der Waals surface area contributed by atoms with E-state index in [0.717, 1.165) is 28.1 Å². The highest BCUT2D eigenvalue weighted by atomic mass is 32.1. The number of rotatable bonds is 4. The van der Waals surface area contributed by atoms with Crippen LogP contribution < -0.4 is 5.32 Å². The number of hydrogen-bond acceptors (Lipinski definition) is 4. The second-order valence-corrected chi connectivity index (χ2v) is 6.74. The molecular weight excluding hydrogens is 370 g/mol. The van der Waals surface area contributed by atoms with E-state index < -0.39 is 23.1 Å². The highest BCUT2D eigenvalue weighted by Crippen LogP contribution is 2.34. The lowest BCUT2D eigenvalue weighted by Gasteiger charge is -2.05. The van der Waals surface area contributed by atoms with Crippen molar-refractivity contribution in [3.05, 3.63) is 84.4 Å². The second kappa shape index (κ2) is 7.13. The number of benzene rings is 2. The molecule has 134 valence electrons. The Morgan fingerprint density at radius 1 is 1.00 bits per heavy atom. The number of oxazole rings is 1. The van der Waals surface area contributed by atoms with Crippen LogP contribution in [0, 0.1) is 11.6 Å². The molecule has 7 heteroatoms. The summed E-state index contributed by atoms with van der Waals surface area (Å²) in [6, 6.07) is 14.5. The van der Waals surface area contributed by atoms with Gasteiger partial charge < -0.3 is 9.73 Å². The van der Waals surface area contributed by atoms with Crippen molar-refractivity contribution in [2.45, 2.75) is 0 Å². The van der Waals surface area contributed by atoms with Crippen molar-refractivity contribution in [2.24, 2.45) is 0 Å². The van der Waals surface area contributed by atoms with Gasteiger partial charge in [-0.2, -0.15) is 0 Å². The van der Waals surface area contributed by atoms with Crippen LogP contribution in [0.15, 0.2) is 71.6 Å². The molecule has 2 heterocycles. The molecule has 4 rings (SSSR count). The molecule has 0 bridgehead atoms. The summed E-state index contributed by atoms with van der Waals surface area (Å²) in [5, 5.41) is 3.03. The maximum absolute atomic E-state index is 13.7. The smallest absolute Gasteiger partial charge is 0.262 e. The zero-order valence-corrected chi connectivity index (χ0v) is 14.6. The molecule has 0 aliphatic heterocycles. The standard InChI is InChI=1S/C20H12F2N2O2S/c21-14-5-2-6-15(22)19(14)20(25)24-18-8-7-17(27-18)13-4-1-3-12(9-13)16-10-23-11-26-16/h1-11H,(H,24,25). The van der Waals surface area contributed by atoms with Crippen molar-refractivity contribution in [3.63, 3.8) is 0 Å². The third kappa shape index (κ3) is 3.50. The first-order chi connectivity index (χ1) is 13.1. The fourth-order valence-electron chi connectivity index (χ4n) is 2.63. The Morgan fingerprint density at radius 3 is 2.48 bits per heavy atom. The Kier molecular flexibility index (Phi) is 4.52. The minimum absolute atomic E-state index is 0.489. The lowest BCUT2D eigenvalue weighted by molar-refractivity contribution is 0.101. The Labute approximate surface area is 157 Å². The van der Waals surface area contributed by atoms with E-state index in [1.54, 1.807) is 12.3 Å². The van der Waals surface area contributed by atoms with Gasteiger partial charge in [-0.15, -0.1) is 11.3 Å². The number of thiophene rings is 1. The van der Waals surface area contributed by atoms with E-state index in [2.05, 4.69) is 10.3 Å². The molecule has 0 saturated carbocycles. The van der Waals surface area contributed by atoms with Gasteiger partial charge in [0.05, 0.1) is 11.2 Å². The predicted molar refractivity (Wildman–Crippen MR) is 99.6 cm³/mol. The fourth-order valence-corrected chi connectivity index (χ4v) is 3.53. The van der Waals surface area contributed by atoms with Gasteiger partial charge in [0.15, 0.2) is 12.2 Å². The van der Waals surface area contributed by atoms with E-state index in [1.165, 1.54) is 23.8 Å². The van der Waals surface area contributed by atoms with E-state index in [-0.39, 0.29) is 0 Å². The fraction of sp³-hybridized carbons (Fsp3) is 0. The van der Waals surface area contributed by atoms with Crippen LogP contribution in [-0.2, 0) is 0 Å². The Hall–Kier alpha value is -3.32. The Bertz CT molecular complexity index is 1090. The number of aromatic nitrogens is 1. The molecule has 0 unspecified atom stereocenters. The topological polar surface area (TPSA) is 55.1 Å². The normalized spacial score (nSPS) is 10.7. The van der Waals surface area contributed by atoms with E-state index in [9.17, 15) is 13.6 Å². The summed E-state index contributed by atoms with van der Waals surface area (Å²) in [7, 11) is 0. The van der Waals surface area contributed by atoms with Crippen molar-refractivity contribution in [2.75, 3.05) is 5.32 Å². The molecule has 0 radical (unpaired) electrons. The third-order valence-corrected chi connectivity index (χ3v) is 4.95. The number of carbonyl (C=O) groups is 1. The molecule has 4 nitrogen and oxygen atoms in total. The first-order valence-electron chi connectivity index (χ1n) is 7.96. The molecule has 0 aliphatic carbocycles. The summed E-state index contributed by atoms with van der Waals surface area (Å²) < 4.78 is 32.8. The number of hydrogen-bond donors (Lipinski definition) is 1. The largest absolute Gasteiger partial charge is 0.444 e. The number of halogens is 2. The monoisotopic (exact) mass is 382 g/mol. The molecule has 1 N–H and O–H groups in total. The molecule has 0 aliphatic rings. The van der Waals surface area contributed by atoms with E-state index in [1.807, 2.05) is 30.3 Å². The summed E-state index contributed by atoms with van der Waals surface area (Å²) in [5.74, 6) is -1.97. The maximum atomic E-state index is 13.7. The second-order valence-electron chi connectivity index (χ2n) is 5.66. The Balaban J connectivity index is 1.57. The molecule has 27 heavy (non-hydrogen) atoms. The predicted octanol–water partition coefficient (Wildman–Crippen LogP) is 5.60. The number of anilines is 1. The van der Waals surface area contributed by atoms with Crippen molar-refractivity contribution in [3.8, 4) is 21.8 Å². The van der Waals surface area contributed by atoms with Gasteiger partial charge >= 0.3 is 0 Å². The molecule has 1 amide bonds. The van der Waals surface area contributed by atoms with Crippen LogP contribution in [-0.4, -0.2) is 10.9 Å². The minimum atomic E-state index is -0.899. The van der Waals surface area contributed by atoms with Crippen molar-refractivity contribution in [1.29, 1.82) is 0 Å². The van der Waals surface area contributed by atoms with Crippen LogP contribution in [0.4, 0.5) is 13.8 Å². The van der Waals surface area contributed by atoms with Crippen molar-refractivity contribution in [1.82, 2.24) is 4.98 Å². The summed E-state index contributed by atoms with van der Waals surface area (Å²) in [6.07, 6.45) is 2.99. The van der Waals surface area contributed by atoms with Gasteiger partial charge in [-0.3, -0.25) is 4.79 Å². The van der Waals surface area contributed by atoms with Gasteiger partial charge in [0.2, 0.25) is 0 Å². The van der Waals surface area contributed by atoms with Crippen molar-refractivity contribution >= 4 is 22.2 Å². The number of nitrogens with one attached hydrogen (secondary N) is 1. The van der Waals surface area contributed by atoms with Crippen LogP contribution in [0.2, 0.25) is 0 Å². The first kappa shape index (κ1) is 17.1. The minimum Gasteiger partial charge on any atom is -0.444 e. The summed E-state index contributed by atoms with van der Waals surface area (Å²) >= 11 is 1.30. The van der Waals surface area contributed by atoms with E-state index >= 15 is 0 Å². The molecule has 4 aromatic rings. The molecule has 0 fully saturated rings. The van der Waals surface area contributed by atoms with Crippen LogP contribution in [0.3, 0.4) is 0 Å². The quantitative estimate of drug-likeness (QED) is 0.500. The summed E-state index contributed by atoms with van der Waals surface area (Å²) in [5.41, 5.74) is 1.20. The highest BCUT2D eigenvalue weighted by Gasteiger charge is 2.18. The third-order valence-electron chi connectivity index (χ3n) is 3.90. The average Bonchev–Trinajstić information content (AvgIpc) is 3.34. The molecule has 0 spiro atoms. The average molecular weight is 382 g/mol. The molecule has 2 aromatic carbocycles. The van der Waals surface area contributed by atoms with Crippen LogP contribution in [0.5, 0.6) is 0 Å². The van der Waals surface area contributed by atoms with E-state index in [0.29, 0.717) is 10.8 Å². The SMILES string of the molecule is O=C(Nc1ccc(-c2cccc(-c3cnco3)c2)s1)c1c(F)cccc1F. The van der Waals surface area contributed by atoms with Gasteiger partial charge in [-0.05, 0) is 35.9 Å². The van der Waals surface area contributed by atoms with Gasteiger partial charge in [0, 0.05) is 10.4 Å². The maximum Gasteiger partial charge on any atom is 0.262 e. The van der Waals surface area contributed by atoms with Crippen LogP contribution in [0.25, 0.3) is 21.8 Å². The lowest BCUT2D eigenvalue weighted by atomic mass is 10.1. The first-order valence-corrected chi connectivity index (χ1v) is 8.78. The molecular formula is C20H12F2N2O2S. The van der Waals surface area contributed by atoms with Crippen molar-refractivity contribution < 1.29 is 18.0 Å². The molecule has 0 atom stereocenters. The van der Waals surface area contributed by atoms with Gasteiger partial charge in [-0.1, -0.05) is 24.3 Å². The van der Waals surface area contributed by atoms with Gasteiger partial charge in [0.1, 0.15) is 17.2 Å². The number of nitrogens with zero attached hydrogens (tertiary/aromatic N) is 1. The van der Waals surface area contributed by atoms with Gasteiger partial charge in [-0.25, -0.2) is 13.8 Å². The summed E-state index contributed by atoms with van der Waals surface area (Å²) in [6.45, 7) is 0. The molecule has 0 saturated heterocycles. The van der Waals surface area contributed by atoms with Gasteiger partial charge in [0.25, 0.3) is 5.91 Å². The highest BCUT2D eigenvalue weighted by molar-refractivity contribution is 7.19. The molecule has 2 aromatic heterocycles.